The molecule has 0 amide bonds. The van der Waals surface area contributed by atoms with Gasteiger partial charge >= 0.3 is 5.97 Å². The normalized spacial score (nSPS) is 40.6. The maximum atomic E-state index is 13.4. The Balaban J connectivity index is 1.59. The molecule has 1 aliphatic heterocycles. The predicted octanol–water partition coefficient (Wildman–Crippen LogP) is 3.52. The molecular formula is C23H28O5S. The van der Waals surface area contributed by atoms with E-state index in [-0.39, 0.29) is 65.4 Å². The van der Waals surface area contributed by atoms with Gasteiger partial charge in [-0.05, 0) is 47.1 Å². The van der Waals surface area contributed by atoms with Crippen molar-refractivity contribution in [3.8, 4) is 0 Å². The van der Waals surface area contributed by atoms with E-state index < -0.39 is 5.41 Å². The minimum Gasteiger partial charge on any atom is -0.458 e. The number of hydrogen-bond donors (Lipinski definition) is 0. The number of ketones is 3. The van der Waals surface area contributed by atoms with Crippen LogP contribution < -0.4 is 0 Å². The van der Waals surface area contributed by atoms with Crippen molar-refractivity contribution in [1.82, 2.24) is 0 Å². The molecule has 1 saturated heterocycles. The minimum atomic E-state index is -0.418. The largest absolute Gasteiger partial charge is 0.458 e. The Hall–Kier alpha value is -1.69. The lowest BCUT2D eigenvalue weighted by Gasteiger charge is -2.55. The second-order valence-electron chi connectivity index (χ2n) is 9.35. The van der Waals surface area contributed by atoms with Gasteiger partial charge in [0.15, 0.2) is 11.6 Å². The highest BCUT2D eigenvalue weighted by molar-refractivity contribution is 8.03. The molecule has 0 spiro atoms. The fraction of sp³-hybridized carbons (Fsp3) is 0.652. The maximum Gasteiger partial charge on any atom is 0.305 e. The summed E-state index contributed by atoms with van der Waals surface area (Å²) in [5.74, 6) is 0.695. The highest BCUT2D eigenvalue weighted by Gasteiger charge is 2.63. The van der Waals surface area contributed by atoms with Gasteiger partial charge in [0, 0.05) is 35.8 Å². The van der Waals surface area contributed by atoms with Gasteiger partial charge in [-0.25, -0.2) is 0 Å². The van der Waals surface area contributed by atoms with Gasteiger partial charge in [-0.3, -0.25) is 19.2 Å². The molecule has 0 aromatic carbocycles. The predicted molar refractivity (Wildman–Crippen MR) is 110 cm³/mol. The van der Waals surface area contributed by atoms with Crippen molar-refractivity contribution in [3.05, 3.63) is 23.1 Å². The van der Waals surface area contributed by atoms with Crippen LogP contribution in [0.1, 0.15) is 46.5 Å². The monoisotopic (exact) mass is 416 g/mol. The van der Waals surface area contributed by atoms with Crippen LogP contribution in [-0.2, 0) is 23.9 Å². The van der Waals surface area contributed by atoms with Gasteiger partial charge in [-0.2, -0.15) is 0 Å². The number of allylic oxidation sites excluding steroid dienone is 4. The van der Waals surface area contributed by atoms with E-state index in [1.165, 1.54) is 0 Å². The molecule has 6 atom stereocenters. The number of rotatable bonds is 4. The Morgan fingerprint density at radius 1 is 1.24 bits per heavy atom. The topological polar surface area (TPSA) is 77.5 Å². The molecule has 0 aromatic heterocycles. The summed E-state index contributed by atoms with van der Waals surface area (Å²) in [6, 6.07) is 0. The summed E-state index contributed by atoms with van der Waals surface area (Å²) in [5.41, 5.74) is -0.793. The Bertz CT molecular complexity index is 842. The molecule has 156 valence electrons. The number of carbonyl (C=O) groups is 4. The Kier molecular flexibility index (Phi) is 5.12. The van der Waals surface area contributed by atoms with Gasteiger partial charge in [0.25, 0.3) is 0 Å². The molecule has 3 fully saturated rings. The average molecular weight is 417 g/mol. The standard InChI is InChI=1S/C23H28O5S/c1-4-20(27)28-11-18(26)16-6-5-15-14-12-29-19-9-13(24)7-8-22(19,2)21(14)17(25)10-23(15,16)3/h7-9,14-16,21H,4-6,10-12H2,1-3H3. The van der Waals surface area contributed by atoms with Gasteiger partial charge in [0.05, 0.1) is 0 Å². The summed E-state index contributed by atoms with van der Waals surface area (Å²) >= 11 is 1.69. The molecule has 5 nitrogen and oxygen atoms in total. The number of thioether (sulfide) groups is 1. The first-order chi connectivity index (χ1) is 13.7. The first kappa shape index (κ1) is 20.6. The van der Waals surface area contributed by atoms with Gasteiger partial charge < -0.3 is 4.74 Å². The second-order valence-corrected chi connectivity index (χ2v) is 10.4. The SMILES string of the molecule is CCC(=O)OCC(=O)C1CCC2C3CSC4=CC(=O)C=CC4(C)C3C(=O)CC12C. The molecule has 0 N–H and O–H groups in total. The summed E-state index contributed by atoms with van der Waals surface area (Å²) < 4.78 is 5.09. The number of Topliss-reactive ketones (excluding diaryl/α,β-unsaturated/α-hetero) is 2. The first-order valence-corrected chi connectivity index (χ1v) is 11.5. The van der Waals surface area contributed by atoms with Gasteiger partial charge in [0.2, 0.25) is 0 Å². The Morgan fingerprint density at radius 3 is 2.72 bits per heavy atom. The molecule has 3 aliphatic carbocycles. The summed E-state index contributed by atoms with van der Waals surface area (Å²) in [4.78, 5) is 50.6. The van der Waals surface area contributed by atoms with Crippen LogP contribution in [0.5, 0.6) is 0 Å². The van der Waals surface area contributed by atoms with Crippen molar-refractivity contribution in [2.24, 2.45) is 34.5 Å². The van der Waals surface area contributed by atoms with E-state index in [2.05, 4.69) is 13.8 Å². The van der Waals surface area contributed by atoms with Crippen molar-refractivity contribution in [2.45, 2.75) is 46.5 Å². The zero-order chi connectivity index (χ0) is 21.0. The van der Waals surface area contributed by atoms with Crippen LogP contribution in [0.15, 0.2) is 23.1 Å². The Morgan fingerprint density at radius 2 is 2.00 bits per heavy atom. The summed E-state index contributed by atoms with van der Waals surface area (Å²) in [6.45, 7) is 5.68. The van der Waals surface area contributed by atoms with Crippen LogP contribution in [0, 0.1) is 34.5 Å². The molecular weight excluding hydrogens is 388 g/mol. The number of hydrogen-bond acceptors (Lipinski definition) is 6. The lowest BCUT2D eigenvalue weighted by molar-refractivity contribution is -0.152. The Labute approximate surface area is 175 Å². The molecule has 29 heavy (non-hydrogen) atoms. The number of carbonyl (C=O) groups excluding carboxylic acids is 4. The quantitative estimate of drug-likeness (QED) is 0.653. The fourth-order valence-electron chi connectivity index (χ4n) is 6.36. The number of fused-ring (bicyclic) bond motifs is 5. The van der Waals surface area contributed by atoms with Crippen molar-refractivity contribution in [1.29, 1.82) is 0 Å². The van der Waals surface area contributed by atoms with E-state index in [0.717, 1.165) is 23.5 Å². The first-order valence-electron chi connectivity index (χ1n) is 10.5. The van der Waals surface area contributed by atoms with E-state index >= 15 is 0 Å². The summed E-state index contributed by atoms with van der Waals surface area (Å²) in [7, 11) is 0. The van der Waals surface area contributed by atoms with Gasteiger partial charge in [0.1, 0.15) is 12.4 Å². The zero-order valence-electron chi connectivity index (χ0n) is 17.2. The number of ether oxygens (including phenoxy) is 1. The molecule has 0 bridgehead atoms. The van der Waals surface area contributed by atoms with Crippen molar-refractivity contribution >= 4 is 35.1 Å². The van der Waals surface area contributed by atoms with Gasteiger partial charge in [-0.15, -0.1) is 11.8 Å². The lowest BCUT2D eigenvalue weighted by Crippen LogP contribution is -2.55. The van der Waals surface area contributed by atoms with Crippen LogP contribution in [-0.4, -0.2) is 35.7 Å². The molecule has 4 aliphatic rings. The molecule has 6 unspecified atom stereocenters. The smallest absolute Gasteiger partial charge is 0.305 e. The van der Waals surface area contributed by atoms with Gasteiger partial charge in [-0.1, -0.05) is 26.8 Å². The van der Waals surface area contributed by atoms with E-state index in [0.29, 0.717) is 6.42 Å². The van der Waals surface area contributed by atoms with Crippen LogP contribution in [0.25, 0.3) is 0 Å². The van der Waals surface area contributed by atoms with E-state index in [9.17, 15) is 19.2 Å². The van der Waals surface area contributed by atoms with E-state index in [1.54, 1.807) is 30.8 Å². The van der Waals surface area contributed by atoms with Crippen molar-refractivity contribution in [3.63, 3.8) is 0 Å². The minimum absolute atomic E-state index is 0.00956. The third kappa shape index (κ3) is 3.15. The van der Waals surface area contributed by atoms with Crippen LogP contribution in [0.2, 0.25) is 0 Å². The summed E-state index contributed by atoms with van der Waals surface area (Å²) in [5, 5.41) is 0. The highest BCUT2D eigenvalue weighted by atomic mass is 32.2. The van der Waals surface area contributed by atoms with Crippen molar-refractivity contribution in [2.75, 3.05) is 12.4 Å². The number of esters is 1. The van der Waals surface area contributed by atoms with E-state index in [4.69, 9.17) is 4.74 Å². The second kappa shape index (κ2) is 7.22. The molecule has 6 heteroatoms. The maximum absolute atomic E-state index is 13.4. The zero-order valence-corrected chi connectivity index (χ0v) is 18.1. The molecule has 2 saturated carbocycles. The third-order valence-corrected chi connectivity index (χ3v) is 9.20. The molecule has 1 heterocycles. The molecule has 0 aromatic rings. The van der Waals surface area contributed by atoms with E-state index in [1.807, 2.05) is 6.08 Å². The van der Waals surface area contributed by atoms with Crippen LogP contribution in [0.3, 0.4) is 0 Å². The lowest BCUT2D eigenvalue weighted by atomic mass is 9.52. The molecule has 4 rings (SSSR count). The van der Waals surface area contributed by atoms with Crippen LogP contribution >= 0.6 is 11.8 Å². The van der Waals surface area contributed by atoms with Crippen molar-refractivity contribution < 1.29 is 23.9 Å². The third-order valence-electron chi connectivity index (χ3n) is 7.78. The highest BCUT2D eigenvalue weighted by Crippen LogP contribution is 2.65. The summed E-state index contributed by atoms with van der Waals surface area (Å²) in [6.07, 6.45) is 7.51. The average Bonchev–Trinajstić information content (AvgIpc) is 3.02. The van der Waals surface area contributed by atoms with Crippen LogP contribution in [0.4, 0.5) is 0 Å². The molecule has 0 radical (unpaired) electrons. The fourth-order valence-corrected chi connectivity index (χ4v) is 7.87.